The van der Waals surface area contributed by atoms with Crippen molar-refractivity contribution >= 4 is 15.8 Å². The van der Waals surface area contributed by atoms with E-state index in [-0.39, 0.29) is 5.57 Å². The van der Waals surface area contributed by atoms with E-state index in [4.69, 9.17) is 0 Å². The molecule has 23 heavy (non-hydrogen) atoms. The van der Waals surface area contributed by atoms with E-state index in [2.05, 4.69) is 0 Å². The van der Waals surface area contributed by atoms with Crippen LogP contribution in [0.4, 0.5) is 0 Å². The summed E-state index contributed by atoms with van der Waals surface area (Å²) < 4.78 is 26.5. The molecule has 0 spiro atoms. The van der Waals surface area contributed by atoms with Gasteiger partial charge < -0.3 is 5.11 Å². The minimum Gasteiger partial charge on any atom is -0.478 e. The zero-order valence-electron chi connectivity index (χ0n) is 13.7. The lowest BCUT2D eigenvalue weighted by Crippen LogP contribution is -2.47. The van der Waals surface area contributed by atoms with Gasteiger partial charge in [-0.05, 0) is 44.4 Å². The predicted molar refractivity (Wildman–Crippen MR) is 88.2 cm³/mol. The lowest BCUT2D eigenvalue weighted by atomic mass is 9.72. The standard InChI is InChI=1S/C18H20O4S/c1-10-5-12(3)15-13(6-10)9-18(4)8-11(2)7-14(17(19)20)16(18)23(15,21)22/h5-8,16H,9H2,1-4H3,(H,19,20). The lowest BCUT2D eigenvalue weighted by molar-refractivity contribution is -0.133. The molecular formula is C18H20O4S. The van der Waals surface area contributed by atoms with Gasteiger partial charge in [0.05, 0.1) is 10.5 Å². The third-order valence-electron chi connectivity index (χ3n) is 4.73. The lowest BCUT2D eigenvalue weighted by Gasteiger charge is -2.42. The van der Waals surface area contributed by atoms with E-state index >= 15 is 0 Å². The maximum atomic E-state index is 13.3. The molecule has 2 unspecified atom stereocenters. The van der Waals surface area contributed by atoms with Crippen LogP contribution < -0.4 is 0 Å². The summed E-state index contributed by atoms with van der Waals surface area (Å²) in [5.74, 6) is -1.16. The molecule has 0 saturated carbocycles. The molecule has 0 fully saturated rings. The molecule has 0 amide bonds. The number of benzene rings is 1. The van der Waals surface area contributed by atoms with Crippen LogP contribution in [-0.4, -0.2) is 24.7 Å². The summed E-state index contributed by atoms with van der Waals surface area (Å²) in [5.41, 5.74) is 2.53. The number of allylic oxidation sites excluding steroid dienone is 3. The summed E-state index contributed by atoms with van der Waals surface area (Å²) in [4.78, 5) is 12.0. The third-order valence-corrected chi connectivity index (χ3v) is 7.30. The molecule has 2 aliphatic rings. The van der Waals surface area contributed by atoms with Crippen molar-refractivity contribution < 1.29 is 18.3 Å². The zero-order chi connectivity index (χ0) is 17.2. The van der Waals surface area contributed by atoms with Crippen LogP contribution in [0.5, 0.6) is 0 Å². The maximum Gasteiger partial charge on any atom is 0.332 e. The Balaban J connectivity index is 2.36. The van der Waals surface area contributed by atoms with Crippen molar-refractivity contribution in [3.63, 3.8) is 0 Å². The molecule has 1 heterocycles. The summed E-state index contributed by atoms with van der Waals surface area (Å²) in [7, 11) is -3.76. The number of rotatable bonds is 1. The SMILES string of the molecule is CC1=CC2(C)Cc3cc(C)cc(C)c3S(=O)(=O)C2C(C(=O)O)=C1. The Hall–Kier alpha value is -1.88. The van der Waals surface area contributed by atoms with Gasteiger partial charge in [0.25, 0.3) is 0 Å². The molecule has 0 saturated heterocycles. The normalized spacial score (nSPS) is 28.3. The van der Waals surface area contributed by atoms with Gasteiger partial charge in [0, 0.05) is 5.41 Å². The third kappa shape index (κ3) is 2.26. The van der Waals surface area contributed by atoms with Gasteiger partial charge in [-0.3, -0.25) is 0 Å². The minimum absolute atomic E-state index is 0.0295. The molecule has 0 radical (unpaired) electrons. The average Bonchev–Trinajstić information content (AvgIpc) is 2.33. The molecule has 4 nitrogen and oxygen atoms in total. The van der Waals surface area contributed by atoms with Crippen LogP contribution >= 0.6 is 0 Å². The Bertz CT molecular complexity index is 890. The van der Waals surface area contributed by atoms with E-state index in [0.717, 1.165) is 16.7 Å². The number of sulfone groups is 1. The van der Waals surface area contributed by atoms with Crippen molar-refractivity contribution in [2.24, 2.45) is 5.41 Å². The van der Waals surface area contributed by atoms with Crippen LogP contribution in [0.3, 0.4) is 0 Å². The number of aryl methyl sites for hydroxylation is 2. The highest BCUT2D eigenvalue weighted by Crippen LogP contribution is 2.49. The van der Waals surface area contributed by atoms with E-state index in [1.807, 2.05) is 39.0 Å². The number of carboxylic acid groups (broad SMARTS) is 1. The second-order valence-corrected chi connectivity index (χ2v) is 8.94. The number of aliphatic carboxylic acids is 1. The van der Waals surface area contributed by atoms with Gasteiger partial charge in [0.1, 0.15) is 5.25 Å². The monoisotopic (exact) mass is 332 g/mol. The fourth-order valence-electron chi connectivity index (χ4n) is 4.26. The van der Waals surface area contributed by atoms with Gasteiger partial charge in [-0.2, -0.15) is 0 Å². The first-order chi connectivity index (χ1) is 10.6. The fraction of sp³-hybridized carbons (Fsp3) is 0.389. The molecule has 0 bridgehead atoms. The number of hydrogen-bond donors (Lipinski definition) is 1. The van der Waals surface area contributed by atoms with Crippen LogP contribution in [0.2, 0.25) is 0 Å². The summed E-state index contributed by atoms with van der Waals surface area (Å²) in [6.45, 7) is 7.38. The fourth-order valence-corrected chi connectivity index (χ4v) is 6.87. The Morgan fingerprint density at radius 1 is 1.26 bits per heavy atom. The molecule has 5 heteroatoms. The van der Waals surface area contributed by atoms with Crippen LogP contribution in [0, 0.1) is 19.3 Å². The molecule has 1 aromatic carbocycles. The summed E-state index contributed by atoms with van der Waals surface area (Å²) in [5, 5.41) is 8.51. The van der Waals surface area contributed by atoms with Gasteiger partial charge >= 0.3 is 5.97 Å². The van der Waals surface area contributed by atoms with Crippen LogP contribution in [-0.2, 0) is 21.1 Å². The molecule has 122 valence electrons. The molecule has 2 atom stereocenters. The van der Waals surface area contributed by atoms with Crippen molar-refractivity contribution in [3.05, 3.63) is 52.1 Å². The highest BCUT2D eigenvalue weighted by molar-refractivity contribution is 7.92. The van der Waals surface area contributed by atoms with Crippen LogP contribution in [0.25, 0.3) is 0 Å². The molecule has 1 aliphatic heterocycles. The molecule has 1 aliphatic carbocycles. The minimum atomic E-state index is -3.76. The summed E-state index contributed by atoms with van der Waals surface area (Å²) in [6.07, 6.45) is 3.92. The van der Waals surface area contributed by atoms with Gasteiger partial charge in [0.15, 0.2) is 9.84 Å². The first-order valence-corrected chi connectivity index (χ1v) is 9.09. The largest absolute Gasteiger partial charge is 0.478 e. The van der Waals surface area contributed by atoms with E-state index in [1.165, 1.54) is 6.08 Å². The van der Waals surface area contributed by atoms with E-state index in [1.54, 1.807) is 6.92 Å². The van der Waals surface area contributed by atoms with Crippen molar-refractivity contribution in [2.75, 3.05) is 0 Å². The van der Waals surface area contributed by atoms with Gasteiger partial charge in [-0.15, -0.1) is 0 Å². The van der Waals surface area contributed by atoms with E-state index in [0.29, 0.717) is 16.9 Å². The number of hydrogen-bond acceptors (Lipinski definition) is 3. The molecule has 1 aromatic rings. The van der Waals surface area contributed by atoms with Crippen molar-refractivity contribution in [2.45, 2.75) is 44.3 Å². The smallest absolute Gasteiger partial charge is 0.332 e. The van der Waals surface area contributed by atoms with E-state index in [9.17, 15) is 18.3 Å². The molecule has 1 N–H and O–H groups in total. The predicted octanol–water partition coefficient (Wildman–Crippen LogP) is 2.98. The summed E-state index contributed by atoms with van der Waals surface area (Å²) in [6, 6.07) is 3.75. The Morgan fingerprint density at radius 2 is 1.91 bits per heavy atom. The molecule has 0 aromatic heterocycles. The van der Waals surface area contributed by atoms with Gasteiger partial charge in [-0.1, -0.05) is 36.3 Å². The maximum absolute atomic E-state index is 13.3. The first kappa shape index (κ1) is 16.0. The quantitative estimate of drug-likeness (QED) is 0.858. The Labute approximate surface area is 136 Å². The number of carbonyl (C=O) groups is 1. The average molecular weight is 332 g/mol. The van der Waals surface area contributed by atoms with Crippen molar-refractivity contribution in [1.82, 2.24) is 0 Å². The van der Waals surface area contributed by atoms with Crippen molar-refractivity contribution in [3.8, 4) is 0 Å². The van der Waals surface area contributed by atoms with Crippen LogP contribution in [0.15, 0.2) is 40.3 Å². The highest BCUT2D eigenvalue weighted by atomic mass is 32.2. The van der Waals surface area contributed by atoms with Gasteiger partial charge in [0.2, 0.25) is 0 Å². The Kier molecular flexibility index (Phi) is 3.34. The number of fused-ring (bicyclic) bond motifs is 2. The molecule has 3 rings (SSSR count). The Morgan fingerprint density at radius 3 is 2.52 bits per heavy atom. The zero-order valence-corrected chi connectivity index (χ0v) is 14.5. The van der Waals surface area contributed by atoms with Crippen molar-refractivity contribution in [1.29, 1.82) is 0 Å². The first-order valence-electron chi connectivity index (χ1n) is 7.54. The summed E-state index contributed by atoms with van der Waals surface area (Å²) >= 11 is 0. The molecular weight excluding hydrogens is 312 g/mol. The second kappa shape index (κ2) is 4.81. The topological polar surface area (TPSA) is 71.4 Å². The highest BCUT2D eigenvalue weighted by Gasteiger charge is 2.52. The van der Waals surface area contributed by atoms with E-state index < -0.39 is 26.5 Å². The van der Waals surface area contributed by atoms with Crippen LogP contribution in [0.1, 0.15) is 30.5 Å². The second-order valence-electron chi connectivity index (χ2n) is 6.97. The van der Waals surface area contributed by atoms with Gasteiger partial charge in [-0.25, -0.2) is 13.2 Å². The number of carboxylic acids is 1.